The number of primary sulfonamides is 1. The predicted molar refractivity (Wildman–Crippen MR) is 146 cm³/mol. The van der Waals surface area contributed by atoms with Gasteiger partial charge in [0.15, 0.2) is 28.9 Å². The highest BCUT2D eigenvalue weighted by Gasteiger charge is 2.34. The summed E-state index contributed by atoms with van der Waals surface area (Å²) in [5.74, 6) is -9.39. The van der Waals surface area contributed by atoms with Crippen LogP contribution < -0.4 is 20.9 Å². The molecule has 16 heteroatoms. The summed E-state index contributed by atoms with van der Waals surface area (Å²) in [4.78, 5) is 19.0. The van der Waals surface area contributed by atoms with Crippen molar-refractivity contribution in [1.82, 2.24) is 25.1 Å². The van der Waals surface area contributed by atoms with Crippen molar-refractivity contribution in [1.29, 1.82) is 0 Å². The van der Waals surface area contributed by atoms with Crippen LogP contribution in [0.25, 0.3) is 22.3 Å². The van der Waals surface area contributed by atoms with E-state index < -0.39 is 49.7 Å². The fourth-order valence-corrected chi connectivity index (χ4v) is 5.10. The molecule has 0 radical (unpaired) electrons. The number of halogens is 4. The van der Waals surface area contributed by atoms with Crippen molar-refractivity contribution in [3.05, 3.63) is 89.8 Å². The van der Waals surface area contributed by atoms with Crippen LogP contribution >= 0.6 is 0 Å². The Hall–Kier alpha value is -5.09. The van der Waals surface area contributed by atoms with Crippen LogP contribution in [0.5, 0.6) is 11.5 Å². The standard InChI is InChI=1S/C27H21F4N7O4S/c28-19-17(24(43(33,40)41)22(31)21(30)20(19)29)27(39)34-11-4-12-38-26-18(25(32)35-13-36-26)23(37-38)14-7-9-16(10-8-14)42-15-5-2-1-3-6-15/h1-3,5-10,13H,4,11-12H2,(H,34,39)(H2,32,35,36)(H2,33,40,41). The predicted octanol–water partition coefficient (Wildman–Crippen LogP) is 3.89. The molecule has 2 heterocycles. The Balaban J connectivity index is 1.34. The summed E-state index contributed by atoms with van der Waals surface area (Å²) in [6, 6.07) is 16.2. The summed E-state index contributed by atoms with van der Waals surface area (Å²) in [7, 11) is -5.15. The van der Waals surface area contributed by atoms with Crippen LogP contribution in [0.3, 0.4) is 0 Å². The highest BCUT2D eigenvalue weighted by atomic mass is 32.2. The number of ether oxygens (including phenoxy) is 1. The molecular weight excluding hydrogens is 594 g/mol. The van der Waals surface area contributed by atoms with Crippen LogP contribution in [0, 0.1) is 23.3 Å². The Kier molecular flexibility index (Phi) is 7.97. The molecule has 3 aromatic carbocycles. The molecule has 5 aromatic rings. The van der Waals surface area contributed by atoms with Crippen molar-refractivity contribution in [2.24, 2.45) is 5.14 Å². The van der Waals surface area contributed by atoms with Gasteiger partial charge in [0.05, 0.1) is 5.39 Å². The zero-order chi connectivity index (χ0) is 30.9. The van der Waals surface area contributed by atoms with E-state index >= 15 is 0 Å². The van der Waals surface area contributed by atoms with E-state index in [9.17, 15) is 30.8 Å². The van der Waals surface area contributed by atoms with Gasteiger partial charge < -0.3 is 15.8 Å². The third-order valence-electron chi connectivity index (χ3n) is 6.23. The lowest BCUT2D eigenvalue weighted by Gasteiger charge is -2.12. The number of hydrogen-bond acceptors (Lipinski definition) is 8. The van der Waals surface area contributed by atoms with E-state index in [1.807, 2.05) is 30.3 Å². The van der Waals surface area contributed by atoms with Gasteiger partial charge >= 0.3 is 0 Å². The number of nitrogens with two attached hydrogens (primary N) is 2. The quantitative estimate of drug-likeness (QED) is 0.0971. The molecule has 0 aliphatic heterocycles. The van der Waals surface area contributed by atoms with Crippen molar-refractivity contribution in [2.45, 2.75) is 17.9 Å². The molecule has 222 valence electrons. The van der Waals surface area contributed by atoms with Gasteiger partial charge in [-0.25, -0.2) is 45.8 Å². The Morgan fingerprint density at radius 2 is 1.56 bits per heavy atom. The summed E-state index contributed by atoms with van der Waals surface area (Å²) in [5.41, 5.74) is 6.05. The molecule has 0 aliphatic carbocycles. The number of nitrogens with one attached hydrogen (secondary N) is 1. The van der Waals surface area contributed by atoms with Gasteiger partial charge in [-0.1, -0.05) is 18.2 Å². The van der Waals surface area contributed by atoms with E-state index in [1.165, 1.54) is 11.0 Å². The van der Waals surface area contributed by atoms with Gasteiger partial charge in [-0.3, -0.25) is 4.79 Å². The SMILES string of the molecule is Nc1ncnc2c1c(-c1ccc(Oc3ccccc3)cc1)nn2CCCNC(=O)c1c(F)c(F)c(F)c(F)c1S(N)(=O)=O. The van der Waals surface area contributed by atoms with Crippen molar-refractivity contribution < 1.29 is 35.5 Å². The highest BCUT2D eigenvalue weighted by molar-refractivity contribution is 7.89. The zero-order valence-electron chi connectivity index (χ0n) is 21.9. The summed E-state index contributed by atoms with van der Waals surface area (Å²) < 4.78 is 86.7. The van der Waals surface area contributed by atoms with Gasteiger partial charge in [0.1, 0.15) is 39.8 Å². The molecule has 5 N–H and O–H groups in total. The normalized spacial score (nSPS) is 11.6. The van der Waals surface area contributed by atoms with E-state index in [4.69, 9.17) is 15.6 Å². The molecule has 0 saturated carbocycles. The number of aryl methyl sites for hydroxylation is 1. The fraction of sp³-hybridized carbons (Fsp3) is 0.111. The average molecular weight is 616 g/mol. The minimum absolute atomic E-state index is 0.105. The van der Waals surface area contributed by atoms with E-state index in [-0.39, 0.29) is 25.3 Å². The molecule has 0 aliphatic rings. The third-order valence-corrected chi connectivity index (χ3v) is 7.19. The summed E-state index contributed by atoms with van der Waals surface area (Å²) in [6.45, 7) is -0.134. The summed E-state index contributed by atoms with van der Waals surface area (Å²) >= 11 is 0. The number of amides is 1. The second kappa shape index (κ2) is 11.7. The maximum atomic E-state index is 14.4. The molecule has 43 heavy (non-hydrogen) atoms. The number of hydrogen-bond donors (Lipinski definition) is 3. The lowest BCUT2D eigenvalue weighted by Crippen LogP contribution is -2.31. The van der Waals surface area contributed by atoms with Crippen molar-refractivity contribution in [2.75, 3.05) is 12.3 Å². The van der Waals surface area contributed by atoms with Gasteiger partial charge in [0.25, 0.3) is 5.91 Å². The molecule has 0 spiro atoms. The van der Waals surface area contributed by atoms with E-state index in [1.54, 1.807) is 24.3 Å². The molecule has 0 saturated heterocycles. The number of para-hydroxylation sites is 1. The van der Waals surface area contributed by atoms with Crippen LogP contribution in [0.4, 0.5) is 23.4 Å². The molecular formula is C27H21F4N7O4S. The average Bonchev–Trinajstić information content (AvgIpc) is 3.36. The summed E-state index contributed by atoms with van der Waals surface area (Å²) in [5, 5.41) is 12.0. The van der Waals surface area contributed by atoms with Crippen LogP contribution in [-0.4, -0.2) is 40.6 Å². The fourth-order valence-electron chi connectivity index (χ4n) is 4.29. The number of sulfonamides is 1. The van der Waals surface area contributed by atoms with Gasteiger partial charge in [-0.05, 0) is 42.8 Å². The van der Waals surface area contributed by atoms with Crippen LogP contribution in [0.2, 0.25) is 0 Å². The summed E-state index contributed by atoms with van der Waals surface area (Å²) in [6.07, 6.45) is 1.35. The van der Waals surface area contributed by atoms with Crippen LogP contribution in [-0.2, 0) is 16.6 Å². The second-order valence-electron chi connectivity index (χ2n) is 9.08. The number of benzene rings is 3. The van der Waals surface area contributed by atoms with Crippen molar-refractivity contribution in [3.63, 3.8) is 0 Å². The van der Waals surface area contributed by atoms with Gasteiger partial charge in [-0.2, -0.15) is 5.10 Å². The number of rotatable bonds is 9. The van der Waals surface area contributed by atoms with Gasteiger partial charge in [0, 0.05) is 18.7 Å². The van der Waals surface area contributed by atoms with Crippen LogP contribution in [0.1, 0.15) is 16.8 Å². The monoisotopic (exact) mass is 615 g/mol. The number of nitrogen functional groups attached to an aromatic ring is 1. The Bertz CT molecular complexity index is 1950. The number of carbonyl (C=O) groups excluding carboxylic acids is 1. The van der Waals surface area contributed by atoms with Crippen LogP contribution in [0.15, 0.2) is 65.8 Å². The number of aromatic nitrogens is 4. The van der Waals surface area contributed by atoms with E-state index in [0.717, 1.165) is 0 Å². The Morgan fingerprint density at radius 3 is 2.23 bits per heavy atom. The van der Waals surface area contributed by atoms with E-state index in [2.05, 4.69) is 20.4 Å². The number of nitrogens with zero attached hydrogens (tertiary/aromatic N) is 4. The minimum Gasteiger partial charge on any atom is -0.457 e. The Labute approximate surface area is 241 Å². The van der Waals surface area contributed by atoms with Gasteiger partial charge in [-0.15, -0.1) is 0 Å². The molecule has 0 unspecified atom stereocenters. The smallest absolute Gasteiger partial charge is 0.255 e. The zero-order valence-corrected chi connectivity index (χ0v) is 22.7. The van der Waals surface area contributed by atoms with Gasteiger partial charge in [0.2, 0.25) is 10.0 Å². The molecule has 0 fully saturated rings. The Morgan fingerprint density at radius 1 is 0.907 bits per heavy atom. The van der Waals surface area contributed by atoms with E-state index in [0.29, 0.717) is 33.8 Å². The molecule has 0 bridgehead atoms. The number of carbonyl (C=O) groups is 1. The first-order valence-electron chi connectivity index (χ1n) is 12.4. The second-order valence-corrected chi connectivity index (χ2v) is 10.6. The molecule has 2 aromatic heterocycles. The first-order chi connectivity index (χ1) is 20.5. The molecule has 11 nitrogen and oxygen atoms in total. The largest absolute Gasteiger partial charge is 0.457 e. The maximum absolute atomic E-state index is 14.4. The molecule has 0 atom stereocenters. The highest BCUT2D eigenvalue weighted by Crippen LogP contribution is 2.32. The number of anilines is 1. The first kappa shape index (κ1) is 29.4. The lowest BCUT2D eigenvalue weighted by molar-refractivity contribution is 0.0942. The first-order valence-corrected chi connectivity index (χ1v) is 14.0. The number of fused-ring (bicyclic) bond motifs is 1. The lowest BCUT2D eigenvalue weighted by atomic mass is 10.1. The molecule has 5 rings (SSSR count). The third kappa shape index (κ3) is 5.82. The maximum Gasteiger partial charge on any atom is 0.255 e. The minimum atomic E-state index is -5.15. The topological polar surface area (TPSA) is 168 Å². The van der Waals surface area contributed by atoms with Crippen molar-refractivity contribution in [3.8, 4) is 22.8 Å². The van der Waals surface area contributed by atoms with Crippen molar-refractivity contribution >= 4 is 32.8 Å². The molecule has 1 amide bonds.